The molecule has 1 saturated heterocycles. The van der Waals surface area contributed by atoms with Gasteiger partial charge in [-0.2, -0.15) is 4.31 Å². The van der Waals surface area contributed by atoms with Crippen molar-refractivity contribution in [2.75, 3.05) is 25.0 Å². The number of nitrogens with one attached hydrogen (secondary N) is 1. The predicted octanol–water partition coefficient (Wildman–Crippen LogP) is 0.905. The summed E-state index contributed by atoms with van der Waals surface area (Å²) in [5.41, 5.74) is 0. The van der Waals surface area contributed by atoms with Crippen LogP contribution in [0.1, 0.15) is 20.3 Å². The van der Waals surface area contributed by atoms with Crippen LogP contribution in [0.15, 0.2) is 23.2 Å². The number of nitrogens with zero attached hydrogens (tertiary/aromatic N) is 2. The van der Waals surface area contributed by atoms with Crippen molar-refractivity contribution in [2.45, 2.75) is 31.3 Å². The molecule has 0 spiro atoms. The second kappa shape index (κ2) is 6.07. The summed E-state index contributed by atoms with van der Waals surface area (Å²) >= 11 is 0. The molecule has 1 fully saturated rings. The third kappa shape index (κ3) is 3.11. The van der Waals surface area contributed by atoms with E-state index in [1.807, 2.05) is 13.8 Å². The average Bonchev–Trinajstić information content (AvgIpc) is 2.42. The molecule has 0 amide bonds. The highest BCUT2D eigenvalue weighted by molar-refractivity contribution is 7.89. The second-order valence-corrected chi connectivity index (χ2v) is 7.04. The highest BCUT2D eigenvalue weighted by Crippen LogP contribution is 2.24. The van der Waals surface area contributed by atoms with Crippen molar-refractivity contribution < 1.29 is 13.5 Å². The van der Waals surface area contributed by atoms with Gasteiger partial charge in [0.1, 0.15) is 5.82 Å². The summed E-state index contributed by atoms with van der Waals surface area (Å²) in [5, 5.41) is 12.7. The van der Waals surface area contributed by atoms with Crippen molar-refractivity contribution in [3.8, 4) is 0 Å². The van der Waals surface area contributed by atoms with Gasteiger partial charge in [-0.1, -0.05) is 6.92 Å². The number of hydrogen-bond acceptors (Lipinski definition) is 5. The van der Waals surface area contributed by atoms with Gasteiger partial charge >= 0.3 is 0 Å². The third-order valence-electron chi connectivity index (χ3n) is 3.55. The monoisotopic (exact) mass is 299 g/mol. The predicted molar refractivity (Wildman–Crippen MR) is 76.9 cm³/mol. The summed E-state index contributed by atoms with van der Waals surface area (Å²) in [4.78, 5) is 4.32. The smallest absolute Gasteiger partial charge is 0.243 e. The minimum absolute atomic E-state index is 0.0476. The molecular formula is C13H21N3O3S. The molecule has 0 aromatic carbocycles. The number of sulfonamides is 1. The van der Waals surface area contributed by atoms with Crippen LogP contribution in [0.3, 0.4) is 0 Å². The molecule has 112 valence electrons. The first-order chi connectivity index (χ1) is 9.45. The molecule has 7 heteroatoms. The Morgan fingerprint density at radius 2 is 2.30 bits per heavy atom. The summed E-state index contributed by atoms with van der Waals surface area (Å²) in [6.07, 6.45) is 1.55. The van der Waals surface area contributed by atoms with E-state index in [1.54, 1.807) is 6.07 Å². The maximum atomic E-state index is 12.6. The van der Waals surface area contributed by atoms with Crippen molar-refractivity contribution in [1.82, 2.24) is 9.29 Å². The van der Waals surface area contributed by atoms with E-state index in [2.05, 4.69) is 10.3 Å². The van der Waals surface area contributed by atoms with E-state index in [9.17, 15) is 13.5 Å². The number of pyridine rings is 1. The van der Waals surface area contributed by atoms with Gasteiger partial charge in [-0.3, -0.25) is 0 Å². The topological polar surface area (TPSA) is 82.5 Å². The van der Waals surface area contributed by atoms with Crippen LogP contribution in [-0.2, 0) is 10.0 Å². The summed E-state index contributed by atoms with van der Waals surface area (Å²) in [6, 6.07) is 3.06. The molecule has 2 N–H and O–H groups in total. The zero-order valence-corrected chi connectivity index (χ0v) is 12.6. The summed E-state index contributed by atoms with van der Waals surface area (Å²) in [6.45, 7) is 5.18. The standard InChI is InChI=1S/C13H21N3O3S/c1-3-14-13-8-11(4-6-15-13)20(18,19)16-7-5-12(17)10(2)9-16/h4,6,8,10,12,17H,3,5,7,9H2,1-2H3,(H,14,15). The van der Waals surface area contributed by atoms with Crippen LogP contribution in [0, 0.1) is 5.92 Å². The molecule has 1 aliphatic rings. The second-order valence-electron chi connectivity index (χ2n) is 5.10. The Morgan fingerprint density at radius 3 is 2.95 bits per heavy atom. The molecule has 1 aromatic rings. The molecule has 20 heavy (non-hydrogen) atoms. The number of rotatable bonds is 4. The van der Waals surface area contributed by atoms with E-state index in [-0.39, 0.29) is 10.8 Å². The highest BCUT2D eigenvalue weighted by Gasteiger charge is 2.32. The lowest BCUT2D eigenvalue weighted by Crippen LogP contribution is -2.44. The Labute approximate surface area is 119 Å². The minimum Gasteiger partial charge on any atom is -0.393 e. The fourth-order valence-electron chi connectivity index (χ4n) is 2.31. The summed E-state index contributed by atoms with van der Waals surface area (Å²) < 4.78 is 26.6. The van der Waals surface area contributed by atoms with E-state index in [1.165, 1.54) is 16.6 Å². The molecule has 2 rings (SSSR count). The maximum Gasteiger partial charge on any atom is 0.243 e. The molecule has 1 aliphatic heterocycles. The SMILES string of the molecule is CCNc1cc(S(=O)(=O)N2CCC(O)C(C)C2)ccn1. The van der Waals surface area contributed by atoms with Gasteiger partial charge in [-0.15, -0.1) is 0 Å². The first-order valence-electron chi connectivity index (χ1n) is 6.83. The van der Waals surface area contributed by atoms with Crippen LogP contribution in [0.5, 0.6) is 0 Å². The lowest BCUT2D eigenvalue weighted by molar-refractivity contribution is 0.0628. The Bertz CT molecular complexity index is 562. The van der Waals surface area contributed by atoms with Gasteiger partial charge in [0.25, 0.3) is 0 Å². The Hall–Kier alpha value is -1.18. The van der Waals surface area contributed by atoms with Crippen LogP contribution in [0.2, 0.25) is 0 Å². The van der Waals surface area contributed by atoms with Crippen LogP contribution >= 0.6 is 0 Å². The quantitative estimate of drug-likeness (QED) is 0.863. The van der Waals surface area contributed by atoms with Gasteiger partial charge in [0.15, 0.2) is 0 Å². The molecule has 2 heterocycles. The molecule has 1 aromatic heterocycles. The maximum absolute atomic E-state index is 12.6. The van der Waals surface area contributed by atoms with Gasteiger partial charge in [0.05, 0.1) is 11.0 Å². The van der Waals surface area contributed by atoms with Gasteiger partial charge in [0.2, 0.25) is 10.0 Å². The normalized spacial score (nSPS) is 24.6. The van der Waals surface area contributed by atoms with E-state index in [0.29, 0.717) is 31.9 Å². The van der Waals surface area contributed by atoms with E-state index in [4.69, 9.17) is 0 Å². The van der Waals surface area contributed by atoms with E-state index < -0.39 is 16.1 Å². The van der Waals surface area contributed by atoms with Crippen LogP contribution in [0.4, 0.5) is 5.82 Å². The Balaban J connectivity index is 2.24. The highest BCUT2D eigenvalue weighted by atomic mass is 32.2. The molecule has 0 saturated carbocycles. The zero-order valence-electron chi connectivity index (χ0n) is 11.8. The van der Waals surface area contributed by atoms with Crippen molar-refractivity contribution in [3.63, 3.8) is 0 Å². The van der Waals surface area contributed by atoms with Gasteiger partial charge < -0.3 is 10.4 Å². The lowest BCUT2D eigenvalue weighted by atomic mass is 9.99. The summed E-state index contributed by atoms with van der Waals surface area (Å²) in [5.74, 6) is 0.507. The number of hydrogen-bond donors (Lipinski definition) is 2. The first kappa shape index (κ1) is 15.2. The van der Waals surface area contributed by atoms with Gasteiger partial charge in [-0.05, 0) is 25.3 Å². The average molecular weight is 299 g/mol. The Morgan fingerprint density at radius 1 is 1.55 bits per heavy atom. The summed E-state index contributed by atoms with van der Waals surface area (Å²) in [7, 11) is -3.52. The number of piperidine rings is 1. The van der Waals surface area contributed by atoms with Crippen LogP contribution in [-0.4, -0.2) is 48.6 Å². The number of anilines is 1. The third-order valence-corrected chi connectivity index (χ3v) is 5.41. The largest absolute Gasteiger partial charge is 0.393 e. The van der Waals surface area contributed by atoms with Crippen molar-refractivity contribution in [1.29, 1.82) is 0 Å². The van der Waals surface area contributed by atoms with Crippen LogP contribution < -0.4 is 5.32 Å². The molecule has 2 unspecified atom stereocenters. The molecule has 0 radical (unpaired) electrons. The number of aliphatic hydroxyl groups excluding tert-OH is 1. The van der Waals surface area contributed by atoms with Crippen molar-refractivity contribution >= 4 is 15.8 Å². The van der Waals surface area contributed by atoms with Crippen molar-refractivity contribution in [3.05, 3.63) is 18.3 Å². The molecule has 2 atom stereocenters. The zero-order chi connectivity index (χ0) is 14.8. The fraction of sp³-hybridized carbons (Fsp3) is 0.615. The van der Waals surface area contributed by atoms with Crippen molar-refractivity contribution in [2.24, 2.45) is 5.92 Å². The molecule has 0 aliphatic carbocycles. The van der Waals surface area contributed by atoms with E-state index >= 15 is 0 Å². The number of aromatic nitrogens is 1. The van der Waals surface area contributed by atoms with Gasteiger partial charge in [0, 0.05) is 31.9 Å². The van der Waals surface area contributed by atoms with Crippen LogP contribution in [0.25, 0.3) is 0 Å². The number of aliphatic hydroxyl groups is 1. The Kier molecular flexibility index (Phi) is 4.62. The van der Waals surface area contributed by atoms with Gasteiger partial charge in [-0.25, -0.2) is 13.4 Å². The fourth-order valence-corrected chi connectivity index (χ4v) is 3.88. The molecule has 6 nitrogen and oxygen atoms in total. The molecular weight excluding hydrogens is 278 g/mol. The molecule has 0 bridgehead atoms. The lowest BCUT2D eigenvalue weighted by Gasteiger charge is -2.33. The minimum atomic E-state index is -3.52. The first-order valence-corrected chi connectivity index (χ1v) is 8.27. The van der Waals surface area contributed by atoms with E-state index in [0.717, 1.165) is 0 Å².